The topological polar surface area (TPSA) is 29.0 Å². The van der Waals surface area contributed by atoms with Crippen LogP contribution >= 0.6 is 0 Å². The van der Waals surface area contributed by atoms with Crippen LogP contribution < -0.4 is 4.90 Å². The van der Waals surface area contributed by atoms with Gasteiger partial charge in [0.2, 0.25) is 0 Å². The summed E-state index contributed by atoms with van der Waals surface area (Å²) < 4.78 is 0. The lowest BCUT2D eigenvalue weighted by Crippen LogP contribution is -2.30. The highest BCUT2D eigenvalue weighted by atomic mass is 15.2. The Balaban J connectivity index is 2.21. The average molecular weight is 219 g/mol. The second-order valence-corrected chi connectivity index (χ2v) is 5.56. The summed E-state index contributed by atoms with van der Waals surface area (Å²) in [6.45, 7) is 8.85. The highest BCUT2D eigenvalue weighted by molar-refractivity contribution is 5.40. The molecule has 0 aromatic carbocycles. The zero-order chi connectivity index (χ0) is 11.6. The van der Waals surface area contributed by atoms with Crippen LogP contribution in [0.2, 0.25) is 0 Å². The van der Waals surface area contributed by atoms with Crippen molar-refractivity contribution in [2.75, 3.05) is 18.0 Å². The van der Waals surface area contributed by atoms with E-state index in [1.807, 2.05) is 0 Å². The monoisotopic (exact) mass is 219 g/mol. The summed E-state index contributed by atoms with van der Waals surface area (Å²) >= 11 is 0. The Kier molecular flexibility index (Phi) is 3.13. The summed E-state index contributed by atoms with van der Waals surface area (Å²) in [5.74, 6) is 1.10. The van der Waals surface area contributed by atoms with Crippen molar-refractivity contribution in [3.63, 3.8) is 0 Å². The van der Waals surface area contributed by atoms with Crippen molar-refractivity contribution >= 4 is 5.82 Å². The van der Waals surface area contributed by atoms with E-state index in [-0.39, 0.29) is 5.41 Å². The lowest BCUT2D eigenvalue weighted by Gasteiger charge is -2.28. The first kappa shape index (κ1) is 11.4. The third-order valence-electron chi connectivity index (χ3n) is 3.10. The minimum atomic E-state index is 0.105. The minimum Gasteiger partial charge on any atom is -0.357 e. The van der Waals surface area contributed by atoms with Gasteiger partial charge in [0.1, 0.15) is 12.1 Å². The Morgan fingerprint density at radius 3 is 2.38 bits per heavy atom. The van der Waals surface area contributed by atoms with E-state index in [9.17, 15) is 0 Å². The minimum absolute atomic E-state index is 0.105. The normalized spacial score (nSPS) is 17.6. The number of hydrogen-bond acceptors (Lipinski definition) is 3. The molecule has 16 heavy (non-hydrogen) atoms. The molecule has 1 aromatic rings. The van der Waals surface area contributed by atoms with Crippen LogP contribution in [0, 0.1) is 0 Å². The van der Waals surface area contributed by atoms with Crippen LogP contribution in [0.15, 0.2) is 12.4 Å². The molecular weight excluding hydrogens is 198 g/mol. The number of rotatable bonds is 1. The molecule has 88 valence electrons. The number of anilines is 1. The van der Waals surface area contributed by atoms with E-state index >= 15 is 0 Å². The summed E-state index contributed by atoms with van der Waals surface area (Å²) in [5, 5.41) is 0. The fourth-order valence-electron chi connectivity index (χ4n) is 2.05. The van der Waals surface area contributed by atoms with E-state index < -0.39 is 0 Å². The lowest BCUT2D eigenvalue weighted by atomic mass is 9.92. The van der Waals surface area contributed by atoms with E-state index in [2.05, 4.69) is 41.7 Å². The zero-order valence-corrected chi connectivity index (χ0v) is 10.5. The van der Waals surface area contributed by atoms with Crippen LogP contribution in [0.4, 0.5) is 5.82 Å². The number of nitrogens with zero attached hydrogens (tertiary/aromatic N) is 3. The number of piperidine rings is 1. The van der Waals surface area contributed by atoms with Crippen molar-refractivity contribution in [2.24, 2.45) is 0 Å². The largest absolute Gasteiger partial charge is 0.357 e. The summed E-state index contributed by atoms with van der Waals surface area (Å²) in [6, 6.07) is 2.14. The molecule has 1 saturated heterocycles. The molecule has 0 atom stereocenters. The molecule has 2 rings (SSSR count). The van der Waals surface area contributed by atoms with Gasteiger partial charge < -0.3 is 4.90 Å². The highest BCUT2D eigenvalue weighted by Crippen LogP contribution is 2.24. The SMILES string of the molecule is CC(C)(C)c1cc(N2CCCCC2)ncn1. The third kappa shape index (κ3) is 2.52. The molecule has 1 fully saturated rings. The molecule has 0 N–H and O–H groups in total. The second kappa shape index (κ2) is 4.40. The third-order valence-corrected chi connectivity index (χ3v) is 3.10. The zero-order valence-electron chi connectivity index (χ0n) is 10.5. The standard InChI is InChI=1S/C13H21N3/c1-13(2,3)11-9-12(15-10-14-11)16-7-5-4-6-8-16/h9-10H,4-8H2,1-3H3. The van der Waals surface area contributed by atoms with Gasteiger partial charge in [-0.2, -0.15) is 0 Å². The van der Waals surface area contributed by atoms with Gasteiger partial charge in [-0.05, 0) is 19.3 Å². The summed E-state index contributed by atoms with van der Waals surface area (Å²) in [7, 11) is 0. The molecule has 0 bridgehead atoms. The van der Waals surface area contributed by atoms with Crippen LogP contribution in [0.1, 0.15) is 45.7 Å². The molecule has 3 heteroatoms. The molecular formula is C13H21N3. The number of aromatic nitrogens is 2. The molecule has 1 aliphatic rings. The summed E-state index contributed by atoms with van der Waals surface area (Å²) in [6.07, 6.45) is 5.63. The highest BCUT2D eigenvalue weighted by Gasteiger charge is 2.18. The molecule has 2 heterocycles. The van der Waals surface area contributed by atoms with Gasteiger partial charge in [0.05, 0.1) is 5.69 Å². The van der Waals surface area contributed by atoms with Crippen molar-refractivity contribution in [3.05, 3.63) is 18.1 Å². The molecule has 1 aliphatic heterocycles. The van der Waals surface area contributed by atoms with Gasteiger partial charge in [-0.1, -0.05) is 20.8 Å². The van der Waals surface area contributed by atoms with E-state index in [1.165, 1.54) is 19.3 Å². The molecule has 0 unspecified atom stereocenters. The average Bonchev–Trinajstić information content (AvgIpc) is 2.29. The smallest absolute Gasteiger partial charge is 0.132 e. The van der Waals surface area contributed by atoms with Gasteiger partial charge in [0, 0.05) is 24.6 Å². The van der Waals surface area contributed by atoms with Crippen LogP contribution in [0.25, 0.3) is 0 Å². The Hall–Kier alpha value is -1.12. The van der Waals surface area contributed by atoms with E-state index in [0.717, 1.165) is 24.6 Å². The Bertz CT molecular complexity index is 348. The lowest BCUT2D eigenvalue weighted by molar-refractivity contribution is 0.556. The quantitative estimate of drug-likeness (QED) is 0.727. The Morgan fingerprint density at radius 1 is 1.06 bits per heavy atom. The van der Waals surface area contributed by atoms with Gasteiger partial charge in [-0.3, -0.25) is 0 Å². The van der Waals surface area contributed by atoms with Gasteiger partial charge in [-0.25, -0.2) is 9.97 Å². The Morgan fingerprint density at radius 2 is 1.75 bits per heavy atom. The van der Waals surface area contributed by atoms with Gasteiger partial charge in [0.25, 0.3) is 0 Å². The van der Waals surface area contributed by atoms with Crippen LogP contribution in [-0.4, -0.2) is 23.1 Å². The van der Waals surface area contributed by atoms with Crippen molar-refractivity contribution < 1.29 is 0 Å². The van der Waals surface area contributed by atoms with E-state index in [1.54, 1.807) is 6.33 Å². The predicted octanol–water partition coefficient (Wildman–Crippen LogP) is 2.76. The summed E-state index contributed by atoms with van der Waals surface area (Å²) in [5.41, 5.74) is 1.23. The van der Waals surface area contributed by atoms with E-state index in [0.29, 0.717) is 0 Å². The van der Waals surface area contributed by atoms with Crippen molar-refractivity contribution in [1.29, 1.82) is 0 Å². The van der Waals surface area contributed by atoms with Crippen molar-refractivity contribution in [2.45, 2.75) is 45.4 Å². The predicted molar refractivity (Wildman–Crippen MR) is 66.8 cm³/mol. The number of hydrogen-bond donors (Lipinski definition) is 0. The van der Waals surface area contributed by atoms with Gasteiger partial charge in [-0.15, -0.1) is 0 Å². The maximum atomic E-state index is 4.39. The van der Waals surface area contributed by atoms with Crippen LogP contribution in [0.5, 0.6) is 0 Å². The maximum absolute atomic E-state index is 4.39. The first-order chi connectivity index (χ1) is 7.57. The fraction of sp³-hybridized carbons (Fsp3) is 0.692. The molecule has 3 nitrogen and oxygen atoms in total. The van der Waals surface area contributed by atoms with Crippen LogP contribution in [-0.2, 0) is 5.41 Å². The van der Waals surface area contributed by atoms with Crippen molar-refractivity contribution in [3.8, 4) is 0 Å². The van der Waals surface area contributed by atoms with Gasteiger partial charge >= 0.3 is 0 Å². The van der Waals surface area contributed by atoms with Crippen molar-refractivity contribution in [1.82, 2.24) is 9.97 Å². The summed E-state index contributed by atoms with van der Waals surface area (Å²) in [4.78, 5) is 11.1. The molecule has 0 amide bonds. The Labute approximate surface area is 97.9 Å². The maximum Gasteiger partial charge on any atom is 0.132 e. The molecule has 0 radical (unpaired) electrons. The molecule has 0 saturated carbocycles. The molecule has 1 aromatic heterocycles. The molecule has 0 aliphatic carbocycles. The van der Waals surface area contributed by atoms with E-state index in [4.69, 9.17) is 0 Å². The first-order valence-corrected chi connectivity index (χ1v) is 6.15. The van der Waals surface area contributed by atoms with Gasteiger partial charge in [0.15, 0.2) is 0 Å². The fourth-order valence-corrected chi connectivity index (χ4v) is 2.05. The second-order valence-electron chi connectivity index (χ2n) is 5.56. The van der Waals surface area contributed by atoms with Crippen LogP contribution in [0.3, 0.4) is 0 Å². The first-order valence-electron chi connectivity index (χ1n) is 6.15. The molecule has 0 spiro atoms.